The van der Waals surface area contributed by atoms with E-state index in [1.54, 1.807) is 51.6 Å². The summed E-state index contributed by atoms with van der Waals surface area (Å²) in [6, 6.07) is 1.68. The molecule has 0 bridgehead atoms. The third kappa shape index (κ3) is 5.67. The zero-order chi connectivity index (χ0) is 16.8. The van der Waals surface area contributed by atoms with Gasteiger partial charge in [0.25, 0.3) is 0 Å². The predicted octanol–water partition coefficient (Wildman–Crippen LogP) is 2.11. The van der Waals surface area contributed by atoms with E-state index in [0.717, 1.165) is 0 Å². The van der Waals surface area contributed by atoms with E-state index in [1.165, 1.54) is 0 Å². The summed E-state index contributed by atoms with van der Waals surface area (Å²) >= 11 is 0. The van der Waals surface area contributed by atoms with Gasteiger partial charge < -0.3 is 24.1 Å². The van der Waals surface area contributed by atoms with Crippen LogP contribution in [-0.4, -0.2) is 42.0 Å². The molecular weight excluding hydrogens is 288 g/mol. The Hall–Kier alpha value is -2.18. The highest BCUT2D eigenvalue weighted by Crippen LogP contribution is 2.20. The van der Waals surface area contributed by atoms with Crippen LogP contribution >= 0.6 is 0 Å². The zero-order valence-corrected chi connectivity index (χ0v) is 13.8. The average molecular weight is 312 g/mol. The molecule has 0 atom stereocenters. The number of carbonyl (C=O) groups is 2. The molecule has 0 saturated carbocycles. The van der Waals surface area contributed by atoms with E-state index in [1.807, 2.05) is 0 Å². The predicted molar refractivity (Wildman–Crippen MR) is 81.1 cm³/mol. The van der Waals surface area contributed by atoms with Crippen LogP contribution < -0.4 is 10.1 Å². The van der Waals surface area contributed by atoms with Gasteiger partial charge in [0.15, 0.2) is 11.4 Å². The largest absolute Gasteiger partial charge is 0.489 e. The fourth-order valence-corrected chi connectivity index (χ4v) is 1.70. The highest BCUT2D eigenvalue weighted by Gasteiger charge is 2.18. The van der Waals surface area contributed by atoms with Crippen molar-refractivity contribution in [2.75, 3.05) is 19.8 Å². The smallest absolute Gasteiger partial charge is 0.407 e. The number of nitrogens with zero attached hydrogens (tertiary/aromatic N) is 1. The number of nitrogens with one attached hydrogen (secondary N) is 1. The minimum atomic E-state index is -0.540. The van der Waals surface area contributed by atoms with Gasteiger partial charge in [-0.05, 0) is 33.8 Å². The SMILES string of the molecule is CCOC(=O)c1c(OCCNC(=O)OC(C)(C)C)ccn1C. The lowest BCUT2D eigenvalue weighted by atomic mass is 10.2. The Labute approximate surface area is 130 Å². The molecule has 0 unspecified atom stereocenters. The second kappa shape index (κ2) is 7.72. The molecule has 22 heavy (non-hydrogen) atoms. The standard InChI is InChI=1S/C15H24N2O5/c1-6-20-13(18)12-11(7-9-17(12)5)21-10-8-16-14(19)22-15(2,3)4/h7,9H,6,8,10H2,1-5H3,(H,16,19). The van der Waals surface area contributed by atoms with Gasteiger partial charge in [-0.25, -0.2) is 9.59 Å². The first-order valence-electron chi connectivity index (χ1n) is 7.16. The van der Waals surface area contributed by atoms with E-state index in [9.17, 15) is 9.59 Å². The van der Waals surface area contributed by atoms with E-state index < -0.39 is 17.7 Å². The lowest BCUT2D eigenvalue weighted by Crippen LogP contribution is -2.34. The number of hydrogen-bond donors (Lipinski definition) is 1. The van der Waals surface area contributed by atoms with E-state index in [2.05, 4.69) is 5.32 Å². The number of ether oxygens (including phenoxy) is 3. The molecule has 7 heteroatoms. The number of amides is 1. The Kier molecular flexibility index (Phi) is 6.27. The van der Waals surface area contributed by atoms with Crippen molar-refractivity contribution in [1.29, 1.82) is 0 Å². The Morgan fingerprint density at radius 1 is 1.32 bits per heavy atom. The van der Waals surface area contributed by atoms with Gasteiger partial charge >= 0.3 is 12.1 Å². The van der Waals surface area contributed by atoms with Gasteiger partial charge in [0.2, 0.25) is 0 Å². The Morgan fingerprint density at radius 3 is 2.59 bits per heavy atom. The van der Waals surface area contributed by atoms with Crippen molar-refractivity contribution >= 4 is 12.1 Å². The maximum Gasteiger partial charge on any atom is 0.407 e. The molecule has 0 aliphatic heterocycles. The Morgan fingerprint density at radius 2 is 2.00 bits per heavy atom. The van der Waals surface area contributed by atoms with Crippen LogP contribution in [0.15, 0.2) is 12.3 Å². The monoisotopic (exact) mass is 312 g/mol. The number of carbonyl (C=O) groups excluding carboxylic acids is 2. The first-order chi connectivity index (χ1) is 10.2. The summed E-state index contributed by atoms with van der Waals surface area (Å²) in [6.45, 7) is 7.90. The van der Waals surface area contributed by atoms with Gasteiger partial charge in [0.1, 0.15) is 12.2 Å². The van der Waals surface area contributed by atoms with Crippen molar-refractivity contribution in [1.82, 2.24) is 9.88 Å². The van der Waals surface area contributed by atoms with Gasteiger partial charge in [0, 0.05) is 13.2 Å². The van der Waals surface area contributed by atoms with Gasteiger partial charge in [-0.15, -0.1) is 0 Å². The number of aromatic nitrogens is 1. The lowest BCUT2D eigenvalue weighted by Gasteiger charge is -2.19. The van der Waals surface area contributed by atoms with Gasteiger partial charge in [-0.2, -0.15) is 0 Å². The molecule has 1 aromatic heterocycles. The highest BCUT2D eigenvalue weighted by atomic mass is 16.6. The van der Waals surface area contributed by atoms with Crippen LogP contribution in [0, 0.1) is 0 Å². The fourth-order valence-electron chi connectivity index (χ4n) is 1.70. The Balaban J connectivity index is 2.46. The van der Waals surface area contributed by atoms with Gasteiger partial charge in [-0.3, -0.25) is 0 Å². The summed E-state index contributed by atoms with van der Waals surface area (Å²) in [6.07, 6.45) is 1.21. The van der Waals surface area contributed by atoms with Crippen LogP contribution in [0.25, 0.3) is 0 Å². The number of esters is 1. The molecule has 1 heterocycles. The molecule has 0 aliphatic rings. The molecule has 7 nitrogen and oxygen atoms in total. The number of rotatable bonds is 6. The van der Waals surface area contributed by atoms with Crippen molar-refractivity contribution in [3.05, 3.63) is 18.0 Å². The van der Waals surface area contributed by atoms with Crippen LogP contribution in [0.2, 0.25) is 0 Å². The summed E-state index contributed by atoms with van der Waals surface area (Å²) in [7, 11) is 1.73. The number of hydrogen-bond acceptors (Lipinski definition) is 5. The zero-order valence-electron chi connectivity index (χ0n) is 13.8. The number of aryl methyl sites for hydroxylation is 1. The van der Waals surface area contributed by atoms with Crippen LogP contribution in [0.1, 0.15) is 38.2 Å². The second-order valence-corrected chi connectivity index (χ2v) is 5.64. The molecule has 0 saturated heterocycles. The number of alkyl carbamates (subject to hydrolysis) is 1. The molecule has 0 aromatic carbocycles. The van der Waals surface area contributed by atoms with E-state index in [0.29, 0.717) is 18.1 Å². The summed E-state index contributed by atoms with van der Waals surface area (Å²) in [5.41, 5.74) is -0.194. The van der Waals surface area contributed by atoms with Gasteiger partial charge in [0.05, 0.1) is 13.2 Å². The van der Waals surface area contributed by atoms with Crippen molar-refractivity contribution in [2.24, 2.45) is 7.05 Å². The first kappa shape index (κ1) is 17.9. The van der Waals surface area contributed by atoms with Gasteiger partial charge in [-0.1, -0.05) is 0 Å². The summed E-state index contributed by atoms with van der Waals surface area (Å²) in [5.74, 6) is -0.0166. The summed E-state index contributed by atoms with van der Waals surface area (Å²) < 4.78 is 17.2. The van der Waals surface area contributed by atoms with Crippen molar-refractivity contribution in [3.8, 4) is 5.75 Å². The van der Waals surface area contributed by atoms with Crippen molar-refractivity contribution in [2.45, 2.75) is 33.3 Å². The normalized spacial score (nSPS) is 11.0. The van der Waals surface area contributed by atoms with Crippen molar-refractivity contribution < 1.29 is 23.8 Å². The van der Waals surface area contributed by atoms with Crippen molar-refractivity contribution in [3.63, 3.8) is 0 Å². The third-order valence-electron chi connectivity index (χ3n) is 2.53. The average Bonchev–Trinajstić information content (AvgIpc) is 2.74. The van der Waals surface area contributed by atoms with Crippen LogP contribution in [0.5, 0.6) is 5.75 Å². The minimum absolute atomic E-state index is 0.218. The highest BCUT2D eigenvalue weighted by molar-refractivity contribution is 5.90. The maximum atomic E-state index is 11.8. The first-order valence-corrected chi connectivity index (χ1v) is 7.16. The van der Waals surface area contributed by atoms with Crippen LogP contribution in [0.4, 0.5) is 4.79 Å². The molecule has 1 amide bonds. The third-order valence-corrected chi connectivity index (χ3v) is 2.53. The molecule has 0 radical (unpaired) electrons. The molecule has 1 rings (SSSR count). The summed E-state index contributed by atoms with van der Waals surface area (Å²) in [5, 5.41) is 2.58. The maximum absolute atomic E-state index is 11.8. The second-order valence-electron chi connectivity index (χ2n) is 5.64. The topological polar surface area (TPSA) is 78.8 Å². The quantitative estimate of drug-likeness (QED) is 0.643. The molecule has 124 valence electrons. The lowest BCUT2D eigenvalue weighted by molar-refractivity contribution is 0.0495. The fraction of sp³-hybridized carbons (Fsp3) is 0.600. The van der Waals surface area contributed by atoms with E-state index >= 15 is 0 Å². The van der Waals surface area contributed by atoms with E-state index in [-0.39, 0.29) is 13.2 Å². The van der Waals surface area contributed by atoms with E-state index in [4.69, 9.17) is 14.2 Å². The van der Waals surface area contributed by atoms with Crippen LogP contribution in [-0.2, 0) is 16.5 Å². The summed E-state index contributed by atoms with van der Waals surface area (Å²) in [4.78, 5) is 23.3. The van der Waals surface area contributed by atoms with Crippen LogP contribution in [0.3, 0.4) is 0 Å². The Bertz CT molecular complexity index is 516. The molecular formula is C15H24N2O5. The molecule has 0 fully saturated rings. The molecule has 0 aliphatic carbocycles. The molecule has 1 aromatic rings. The minimum Gasteiger partial charge on any atom is -0.489 e. The molecule has 0 spiro atoms. The molecule has 1 N–H and O–H groups in total.